The first-order valence-corrected chi connectivity index (χ1v) is 9.18. The van der Waals surface area contributed by atoms with Crippen molar-refractivity contribution in [2.45, 2.75) is 26.8 Å². The number of fused-ring (bicyclic) bond motifs is 2. The van der Waals surface area contributed by atoms with Gasteiger partial charge in [0.15, 0.2) is 0 Å². The number of amides is 1. The van der Waals surface area contributed by atoms with Crippen molar-refractivity contribution in [1.29, 1.82) is 0 Å². The quantitative estimate of drug-likeness (QED) is 0.560. The summed E-state index contributed by atoms with van der Waals surface area (Å²) in [6.45, 7) is 4.49. The number of H-pyrrole nitrogens is 1. The molecule has 0 saturated heterocycles. The lowest BCUT2D eigenvalue weighted by atomic mass is 10.1. The minimum atomic E-state index is -0.234. The monoisotopic (exact) mass is 375 g/mol. The first-order chi connectivity index (χ1) is 13.5. The molecule has 4 aromatic rings. The molecule has 2 aromatic carbocycles. The highest BCUT2D eigenvalue weighted by Crippen LogP contribution is 2.19. The van der Waals surface area contributed by atoms with E-state index in [4.69, 9.17) is 0 Å². The lowest BCUT2D eigenvalue weighted by Gasteiger charge is -2.07. The highest BCUT2D eigenvalue weighted by atomic mass is 16.2. The van der Waals surface area contributed by atoms with Crippen LogP contribution in [0.5, 0.6) is 0 Å². The van der Waals surface area contributed by atoms with E-state index in [9.17, 15) is 9.59 Å². The van der Waals surface area contributed by atoms with Gasteiger partial charge in [-0.1, -0.05) is 18.2 Å². The molecule has 0 radical (unpaired) electrons. The molecular formula is C21H21N5O2. The molecule has 0 saturated carbocycles. The van der Waals surface area contributed by atoms with Crippen LogP contribution in [-0.4, -0.2) is 32.0 Å². The summed E-state index contributed by atoms with van der Waals surface area (Å²) < 4.78 is 1.32. The average Bonchev–Trinajstić information content (AvgIpc) is 3.11. The number of aromatic amines is 1. The molecule has 2 N–H and O–H groups in total. The molecule has 0 aliphatic rings. The Kier molecular flexibility index (Phi) is 4.65. The average molecular weight is 375 g/mol. The largest absolute Gasteiger partial charge is 0.354 e. The Hall–Kier alpha value is -3.48. The van der Waals surface area contributed by atoms with E-state index in [0.717, 1.165) is 22.4 Å². The van der Waals surface area contributed by atoms with Crippen LogP contribution >= 0.6 is 0 Å². The van der Waals surface area contributed by atoms with Crippen LogP contribution < -0.4 is 10.9 Å². The zero-order valence-electron chi connectivity index (χ0n) is 15.8. The zero-order valence-corrected chi connectivity index (χ0v) is 15.8. The molecule has 7 nitrogen and oxygen atoms in total. The smallest absolute Gasteiger partial charge is 0.261 e. The van der Waals surface area contributed by atoms with E-state index in [1.54, 1.807) is 18.2 Å². The first kappa shape index (κ1) is 17.9. The number of para-hydroxylation sites is 1. The number of rotatable bonds is 5. The van der Waals surface area contributed by atoms with Gasteiger partial charge in [0, 0.05) is 13.0 Å². The van der Waals surface area contributed by atoms with Crippen LogP contribution in [0.25, 0.3) is 21.9 Å². The Bertz CT molecular complexity index is 1240. The zero-order chi connectivity index (χ0) is 19.7. The predicted molar refractivity (Wildman–Crippen MR) is 108 cm³/mol. The van der Waals surface area contributed by atoms with Gasteiger partial charge in [-0.2, -0.15) is 0 Å². The summed E-state index contributed by atoms with van der Waals surface area (Å²) in [6.07, 6.45) is 2.00. The maximum absolute atomic E-state index is 12.4. The van der Waals surface area contributed by atoms with Gasteiger partial charge in [0.05, 0.1) is 28.3 Å². The van der Waals surface area contributed by atoms with E-state index in [2.05, 4.69) is 40.2 Å². The second kappa shape index (κ2) is 7.26. The Morgan fingerprint density at radius 2 is 2.00 bits per heavy atom. The Morgan fingerprint density at radius 3 is 2.86 bits per heavy atom. The highest BCUT2D eigenvalue weighted by Gasteiger charge is 2.09. The molecule has 0 spiro atoms. The van der Waals surface area contributed by atoms with Crippen LogP contribution in [0.15, 0.2) is 47.5 Å². The number of nitrogens with one attached hydrogen (secondary N) is 2. The molecule has 7 heteroatoms. The molecule has 1 amide bonds. The molecule has 0 fully saturated rings. The van der Waals surface area contributed by atoms with Crippen LogP contribution in [0.3, 0.4) is 0 Å². The van der Waals surface area contributed by atoms with E-state index in [1.165, 1.54) is 16.5 Å². The lowest BCUT2D eigenvalue weighted by Crippen LogP contribution is -2.33. The number of benzene rings is 2. The molecule has 2 aromatic heterocycles. The molecule has 142 valence electrons. The van der Waals surface area contributed by atoms with Crippen molar-refractivity contribution >= 4 is 27.8 Å². The predicted octanol–water partition coefficient (Wildman–Crippen LogP) is 2.25. The number of imidazole rings is 1. The molecule has 0 bridgehead atoms. The molecule has 4 rings (SSSR count). The van der Waals surface area contributed by atoms with Gasteiger partial charge < -0.3 is 10.3 Å². The molecule has 0 atom stereocenters. The number of hydrogen-bond donors (Lipinski definition) is 2. The van der Waals surface area contributed by atoms with Crippen LogP contribution in [0.2, 0.25) is 0 Å². The summed E-state index contributed by atoms with van der Waals surface area (Å²) in [5, 5.41) is 3.34. The SMILES string of the molecule is Cc1ccc2[nH]c(CCNC(=O)Cn3cnc4ccccc4c3=O)nc2c1C. The van der Waals surface area contributed by atoms with Crippen molar-refractivity contribution in [2.24, 2.45) is 0 Å². The third kappa shape index (κ3) is 3.38. The fraction of sp³-hybridized carbons (Fsp3) is 0.238. The molecule has 0 aliphatic heterocycles. The topological polar surface area (TPSA) is 92.7 Å². The van der Waals surface area contributed by atoms with E-state index in [0.29, 0.717) is 23.9 Å². The summed E-state index contributed by atoms with van der Waals surface area (Å²) in [5.41, 5.74) is 4.73. The van der Waals surface area contributed by atoms with Crippen molar-refractivity contribution in [3.05, 3.63) is 70.0 Å². The van der Waals surface area contributed by atoms with Crippen molar-refractivity contribution in [2.75, 3.05) is 6.54 Å². The Morgan fingerprint density at radius 1 is 1.18 bits per heavy atom. The number of nitrogens with zero attached hydrogens (tertiary/aromatic N) is 3. The minimum absolute atomic E-state index is 0.0604. The van der Waals surface area contributed by atoms with Crippen LogP contribution in [-0.2, 0) is 17.8 Å². The number of carbonyl (C=O) groups is 1. The Labute approximate surface area is 161 Å². The molecule has 28 heavy (non-hydrogen) atoms. The van der Waals surface area contributed by atoms with E-state index >= 15 is 0 Å². The molecule has 0 unspecified atom stereocenters. The van der Waals surface area contributed by atoms with Crippen LogP contribution in [0.4, 0.5) is 0 Å². The van der Waals surface area contributed by atoms with Gasteiger partial charge in [-0.3, -0.25) is 14.2 Å². The molecular weight excluding hydrogens is 354 g/mol. The number of hydrogen-bond acceptors (Lipinski definition) is 4. The maximum atomic E-state index is 12.4. The van der Waals surface area contributed by atoms with Gasteiger partial charge in [0.1, 0.15) is 12.4 Å². The van der Waals surface area contributed by atoms with Crippen molar-refractivity contribution < 1.29 is 4.79 Å². The van der Waals surface area contributed by atoms with Crippen molar-refractivity contribution in [3.63, 3.8) is 0 Å². The summed E-state index contributed by atoms with van der Waals surface area (Å²) in [4.78, 5) is 36.8. The third-order valence-electron chi connectivity index (χ3n) is 4.96. The van der Waals surface area contributed by atoms with E-state index < -0.39 is 0 Å². The third-order valence-corrected chi connectivity index (χ3v) is 4.96. The van der Waals surface area contributed by atoms with Gasteiger partial charge in [0.2, 0.25) is 5.91 Å². The van der Waals surface area contributed by atoms with Gasteiger partial charge in [-0.25, -0.2) is 9.97 Å². The maximum Gasteiger partial charge on any atom is 0.261 e. The summed E-state index contributed by atoms with van der Waals surface area (Å²) in [7, 11) is 0. The van der Waals surface area contributed by atoms with Gasteiger partial charge in [-0.15, -0.1) is 0 Å². The van der Waals surface area contributed by atoms with Crippen LogP contribution in [0.1, 0.15) is 17.0 Å². The number of carbonyl (C=O) groups excluding carboxylic acids is 1. The number of aryl methyl sites for hydroxylation is 2. The van der Waals surface area contributed by atoms with E-state index in [1.807, 2.05) is 12.1 Å². The van der Waals surface area contributed by atoms with Gasteiger partial charge >= 0.3 is 0 Å². The fourth-order valence-corrected chi connectivity index (χ4v) is 3.23. The normalized spacial score (nSPS) is 11.2. The second-order valence-electron chi connectivity index (χ2n) is 6.88. The van der Waals surface area contributed by atoms with Crippen molar-refractivity contribution in [3.8, 4) is 0 Å². The van der Waals surface area contributed by atoms with E-state index in [-0.39, 0.29) is 18.0 Å². The number of aromatic nitrogens is 4. The highest BCUT2D eigenvalue weighted by molar-refractivity contribution is 5.80. The standard InChI is InChI=1S/C21H21N5O2/c1-13-7-8-17-20(14(13)2)25-18(24-17)9-10-22-19(27)11-26-12-23-16-6-4-3-5-15(16)21(26)28/h3-8,12H,9-11H2,1-2H3,(H,22,27)(H,24,25). The van der Waals surface area contributed by atoms with Gasteiger partial charge in [-0.05, 0) is 43.2 Å². The Balaban J connectivity index is 1.39. The summed E-state index contributed by atoms with van der Waals surface area (Å²) >= 11 is 0. The fourth-order valence-electron chi connectivity index (χ4n) is 3.23. The molecule has 2 heterocycles. The summed E-state index contributed by atoms with van der Waals surface area (Å²) in [6, 6.07) is 11.2. The van der Waals surface area contributed by atoms with Crippen molar-refractivity contribution in [1.82, 2.24) is 24.8 Å². The summed E-state index contributed by atoms with van der Waals surface area (Å²) in [5.74, 6) is 0.593. The minimum Gasteiger partial charge on any atom is -0.354 e. The second-order valence-corrected chi connectivity index (χ2v) is 6.88. The first-order valence-electron chi connectivity index (χ1n) is 9.18. The van der Waals surface area contributed by atoms with Gasteiger partial charge in [0.25, 0.3) is 5.56 Å². The lowest BCUT2D eigenvalue weighted by molar-refractivity contribution is -0.121. The molecule has 0 aliphatic carbocycles. The van der Waals surface area contributed by atoms with Crippen LogP contribution in [0, 0.1) is 13.8 Å².